The average Bonchev–Trinajstić information content (AvgIpc) is 3.11. The van der Waals surface area contributed by atoms with Gasteiger partial charge in [0.15, 0.2) is 0 Å². The number of methoxy groups -OCH3 is 1. The van der Waals surface area contributed by atoms with E-state index in [1.807, 2.05) is 13.2 Å². The van der Waals surface area contributed by atoms with Crippen molar-refractivity contribution in [2.75, 3.05) is 26.7 Å². The Labute approximate surface area is 162 Å². The van der Waals surface area contributed by atoms with E-state index in [0.29, 0.717) is 29.9 Å². The number of nitrogens with one attached hydrogen (secondary N) is 2. The van der Waals surface area contributed by atoms with Crippen LogP contribution < -0.4 is 10.9 Å². The summed E-state index contributed by atoms with van der Waals surface area (Å²) in [6.45, 7) is 4.78. The van der Waals surface area contributed by atoms with Crippen LogP contribution >= 0.6 is 0 Å². The molecule has 1 aromatic carbocycles. The van der Waals surface area contributed by atoms with E-state index in [4.69, 9.17) is 4.74 Å². The Morgan fingerprint density at radius 3 is 2.59 bits per heavy atom. The number of likely N-dealkylation sites (tertiary alicyclic amines) is 1. The van der Waals surface area contributed by atoms with Gasteiger partial charge in [-0.15, -0.1) is 0 Å². The smallest absolute Gasteiger partial charge is 0.140 e. The fourth-order valence-electron chi connectivity index (χ4n) is 5.50. The zero-order chi connectivity index (χ0) is 18.9. The Kier molecular flexibility index (Phi) is 5.65. The zero-order valence-electron chi connectivity index (χ0n) is 16.6. The number of rotatable bonds is 5. The molecule has 4 atom stereocenters. The molecule has 1 aromatic rings. The summed E-state index contributed by atoms with van der Waals surface area (Å²) < 4.78 is 5.63. The highest BCUT2D eigenvalue weighted by molar-refractivity contribution is 5.88. The first kappa shape index (κ1) is 19.1. The molecule has 2 saturated heterocycles. The average molecular weight is 372 g/mol. The second-order valence-electron chi connectivity index (χ2n) is 8.64. The highest BCUT2D eigenvalue weighted by atomic mass is 16.5. The molecule has 27 heavy (non-hydrogen) atoms. The molecule has 2 heterocycles. The molecule has 3 fully saturated rings. The number of carbonyl (C=O) groups is 1. The fourth-order valence-corrected chi connectivity index (χ4v) is 5.50. The van der Waals surface area contributed by atoms with Crippen molar-refractivity contribution in [1.29, 1.82) is 0 Å². The van der Waals surface area contributed by atoms with Gasteiger partial charge in [0.2, 0.25) is 0 Å². The van der Waals surface area contributed by atoms with Crippen LogP contribution in [0.1, 0.15) is 44.6 Å². The molecule has 5 heteroatoms. The van der Waals surface area contributed by atoms with Gasteiger partial charge >= 0.3 is 0 Å². The number of piperidine rings is 1. The molecule has 4 rings (SSSR count). The molecule has 0 spiro atoms. The zero-order valence-corrected chi connectivity index (χ0v) is 16.6. The van der Waals surface area contributed by atoms with E-state index in [2.05, 4.69) is 40.0 Å². The topological polar surface area (TPSA) is 53.6 Å². The molecule has 4 unspecified atom stereocenters. The molecule has 5 nitrogen and oxygen atoms in total. The van der Waals surface area contributed by atoms with Gasteiger partial charge in [-0.25, -0.2) is 0 Å². The number of nitrogens with zero attached hydrogens (tertiary/aromatic N) is 1. The van der Waals surface area contributed by atoms with E-state index in [9.17, 15) is 4.79 Å². The van der Waals surface area contributed by atoms with Gasteiger partial charge in [-0.2, -0.15) is 0 Å². The highest BCUT2D eigenvalue weighted by Crippen LogP contribution is 2.37. The summed E-state index contributed by atoms with van der Waals surface area (Å²) in [5.74, 6) is 0.946. The molecule has 2 N–H and O–H groups in total. The van der Waals surface area contributed by atoms with E-state index in [-0.39, 0.29) is 5.41 Å². The van der Waals surface area contributed by atoms with Crippen molar-refractivity contribution in [2.45, 2.75) is 62.6 Å². The Balaban J connectivity index is 1.38. The molecule has 0 radical (unpaired) electrons. The Hall–Kier alpha value is -1.27. The summed E-state index contributed by atoms with van der Waals surface area (Å²) in [6.07, 6.45) is 5.72. The first-order valence-corrected chi connectivity index (χ1v) is 10.4. The van der Waals surface area contributed by atoms with Crippen LogP contribution in [-0.4, -0.2) is 55.6 Å². The third-order valence-corrected chi connectivity index (χ3v) is 7.32. The van der Waals surface area contributed by atoms with Crippen LogP contribution in [0.15, 0.2) is 30.3 Å². The lowest BCUT2D eigenvalue weighted by atomic mass is 9.70. The first-order valence-electron chi connectivity index (χ1n) is 10.4. The van der Waals surface area contributed by atoms with Crippen molar-refractivity contribution in [3.63, 3.8) is 0 Å². The number of hydrazine groups is 1. The molecule has 2 aliphatic heterocycles. The summed E-state index contributed by atoms with van der Waals surface area (Å²) in [5.41, 5.74) is 7.96. The first-order chi connectivity index (χ1) is 13.1. The number of fused-ring (bicyclic) bond motifs is 1. The third kappa shape index (κ3) is 3.70. The number of hydrogen-bond donors (Lipinski definition) is 2. The van der Waals surface area contributed by atoms with E-state index < -0.39 is 0 Å². The minimum atomic E-state index is -0.298. The Morgan fingerprint density at radius 2 is 1.93 bits per heavy atom. The molecule has 3 aliphatic rings. The largest absolute Gasteiger partial charge is 0.381 e. The molecule has 0 bridgehead atoms. The van der Waals surface area contributed by atoms with Crippen LogP contribution in [0.4, 0.5) is 0 Å². The second kappa shape index (κ2) is 8.00. The summed E-state index contributed by atoms with van der Waals surface area (Å²) in [6, 6.07) is 11.4. The van der Waals surface area contributed by atoms with E-state index in [1.165, 1.54) is 12.0 Å². The summed E-state index contributed by atoms with van der Waals surface area (Å²) in [4.78, 5) is 15.1. The minimum absolute atomic E-state index is 0.298. The molecule has 1 aliphatic carbocycles. The molecule has 0 aromatic heterocycles. The maximum absolute atomic E-state index is 12.6. The van der Waals surface area contributed by atoms with Crippen LogP contribution in [0.5, 0.6) is 0 Å². The van der Waals surface area contributed by atoms with Gasteiger partial charge in [0.1, 0.15) is 5.78 Å². The lowest BCUT2D eigenvalue weighted by Crippen LogP contribution is -2.51. The maximum atomic E-state index is 12.6. The van der Waals surface area contributed by atoms with E-state index in [0.717, 1.165) is 45.3 Å². The number of benzene rings is 1. The standard InChI is InChI=1S/C22H33N3O2/c1-16(26)22(17-6-4-3-5-7-17)10-12-25(13-11-22)15-21-19-14-18(27-2)8-9-20(19)23-24-21/h3-7,18-21,23-24H,8-15H2,1-2H3. The summed E-state index contributed by atoms with van der Waals surface area (Å²) in [5, 5.41) is 0. The lowest BCUT2D eigenvalue weighted by molar-refractivity contribution is -0.124. The predicted molar refractivity (Wildman–Crippen MR) is 106 cm³/mol. The van der Waals surface area contributed by atoms with Crippen LogP contribution in [-0.2, 0) is 14.9 Å². The van der Waals surface area contributed by atoms with Gasteiger partial charge in [0.05, 0.1) is 11.5 Å². The van der Waals surface area contributed by atoms with Gasteiger partial charge in [-0.3, -0.25) is 15.6 Å². The second-order valence-corrected chi connectivity index (χ2v) is 8.64. The summed E-state index contributed by atoms with van der Waals surface area (Å²) in [7, 11) is 1.84. The Bertz CT molecular complexity index is 642. The minimum Gasteiger partial charge on any atom is -0.381 e. The molecule has 0 amide bonds. The van der Waals surface area contributed by atoms with Gasteiger partial charge in [-0.05, 0) is 63.6 Å². The highest BCUT2D eigenvalue weighted by Gasteiger charge is 2.44. The van der Waals surface area contributed by atoms with Crippen molar-refractivity contribution in [2.24, 2.45) is 5.92 Å². The monoisotopic (exact) mass is 371 g/mol. The van der Waals surface area contributed by atoms with Crippen molar-refractivity contribution >= 4 is 5.78 Å². The van der Waals surface area contributed by atoms with Gasteiger partial charge in [0, 0.05) is 25.7 Å². The van der Waals surface area contributed by atoms with Crippen LogP contribution in [0.3, 0.4) is 0 Å². The van der Waals surface area contributed by atoms with Gasteiger partial charge < -0.3 is 9.64 Å². The number of Topliss-reactive ketones (excluding diaryl/α,β-unsaturated/α-hetero) is 1. The summed E-state index contributed by atoms with van der Waals surface area (Å²) >= 11 is 0. The van der Waals surface area contributed by atoms with Gasteiger partial charge in [-0.1, -0.05) is 30.3 Å². The third-order valence-electron chi connectivity index (χ3n) is 7.32. The molecule has 1 saturated carbocycles. The van der Waals surface area contributed by atoms with Gasteiger partial charge in [0.25, 0.3) is 0 Å². The SMILES string of the molecule is COC1CCC2NNC(CN3CCC(C(C)=O)(c4ccccc4)CC3)C2C1. The maximum Gasteiger partial charge on any atom is 0.140 e. The van der Waals surface area contributed by atoms with Crippen LogP contribution in [0.25, 0.3) is 0 Å². The van der Waals surface area contributed by atoms with Crippen molar-refractivity contribution in [3.05, 3.63) is 35.9 Å². The molecular formula is C22H33N3O2. The van der Waals surface area contributed by atoms with Crippen LogP contribution in [0, 0.1) is 5.92 Å². The fraction of sp³-hybridized carbons (Fsp3) is 0.682. The predicted octanol–water partition coefficient (Wildman–Crippen LogP) is 2.27. The molecule has 148 valence electrons. The molecular weight excluding hydrogens is 338 g/mol. The normalized spacial score (nSPS) is 33.6. The number of hydrogen-bond acceptors (Lipinski definition) is 5. The lowest BCUT2D eigenvalue weighted by Gasteiger charge is -2.42. The quantitative estimate of drug-likeness (QED) is 0.832. The van der Waals surface area contributed by atoms with E-state index in [1.54, 1.807) is 6.92 Å². The number of ketones is 1. The van der Waals surface area contributed by atoms with Crippen molar-refractivity contribution in [3.8, 4) is 0 Å². The van der Waals surface area contributed by atoms with E-state index >= 15 is 0 Å². The van der Waals surface area contributed by atoms with Crippen molar-refractivity contribution < 1.29 is 9.53 Å². The number of carbonyl (C=O) groups excluding carboxylic acids is 1. The Morgan fingerprint density at radius 1 is 1.19 bits per heavy atom. The van der Waals surface area contributed by atoms with Crippen LogP contribution in [0.2, 0.25) is 0 Å². The van der Waals surface area contributed by atoms with Crippen molar-refractivity contribution in [1.82, 2.24) is 15.8 Å². The number of ether oxygens (including phenoxy) is 1.